The van der Waals surface area contributed by atoms with E-state index in [0.717, 1.165) is 89.9 Å². The minimum atomic E-state index is -0.755. The maximum Gasteiger partial charge on any atom is 0.306 e. The highest BCUT2D eigenvalue weighted by Crippen LogP contribution is 2.46. The van der Waals surface area contributed by atoms with E-state index in [1.807, 2.05) is 13.8 Å². The van der Waals surface area contributed by atoms with Crippen LogP contribution >= 0.6 is 0 Å². The highest BCUT2D eigenvalue weighted by atomic mass is 16.6. The van der Waals surface area contributed by atoms with Crippen molar-refractivity contribution in [3.05, 3.63) is 0 Å². The first-order chi connectivity index (χ1) is 68.4. The molecule has 0 spiro atoms. The summed E-state index contributed by atoms with van der Waals surface area (Å²) in [6.45, 7) is 9.66. The molecule has 31 nitrogen and oxygen atoms in total. The monoisotopic (exact) mass is 2020 g/mol. The number of ether oxygens (including phenoxy) is 8. The maximum atomic E-state index is 12.6. The fraction of sp³-hybridized carbons (Fsp3) is 0.821. The lowest BCUT2D eigenvalue weighted by Gasteiger charge is -2.42. The summed E-state index contributed by atoms with van der Waals surface area (Å²) in [6, 6.07) is 0. The van der Waals surface area contributed by atoms with Gasteiger partial charge in [-0.3, -0.25) is 95.9 Å². The summed E-state index contributed by atoms with van der Waals surface area (Å²) >= 11 is 0. The summed E-state index contributed by atoms with van der Waals surface area (Å²) in [7, 11) is 9.24. The van der Waals surface area contributed by atoms with E-state index in [1.165, 1.54) is 14.2 Å². The second-order valence-electron chi connectivity index (χ2n) is 41.3. The molecule has 31 heteroatoms. The van der Waals surface area contributed by atoms with Crippen molar-refractivity contribution in [2.24, 2.45) is 71.0 Å². The van der Waals surface area contributed by atoms with Crippen LogP contribution < -0.4 is 0 Å². The van der Waals surface area contributed by atoms with Crippen LogP contribution in [0.3, 0.4) is 0 Å². The molecule has 0 radical (unpaired) electrons. The first-order valence-corrected chi connectivity index (χ1v) is 54.1. The van der Waals surface area contributed by atoms with Gasteiger partial charge < -0.3 is 53.2 Å². The number of hydrogen-bond acceptors (Lipinski definition) is 31. The maximum absolute atomic E-state index is 12.6. The van der Waals surface area contributed by atoms with Crippen LogP contribution in [0, 0.1) is 71.0 Å². The molecule has 2 heterocycles. The number of esters is 1. The van der Waals surface area contributed by atoms with E-state index in [4.69, 9.17) is 37.9 Å². The Bertz CT molecular complexity index is 3900. The minimum Gasteiger partial charge on any atom is -0.462 e. The van der Waals surface area contributed by atoms with E-state index >= 15 is 0 Å². The number of hydrogen-bond donors (Lipinski definition) is 3. The third-order valence-corrected chi connectivity index (χ3v) is 29.5. The summed E-state index contributed by atoms with van der Waals surface area (Å²) in [6.07, 6.45) is 30.1. The Morgan fingerprint density at radius 2 is 0.895 bits per heavy atom. The van der Waals surface area contributed by atoms with Crippen molar-refractivity contribution in [3.63, 3.8) is 0 Å². The topological polar surface area (TPSA) is 476 Å². The normalized spacial score (nSPS) is 25.7. The van der Waals surface area contributed by atoms with Crippen LogP contribution in [0.2, 0.25) is 0 Å². The molecule has 0 aromatic carbocycles. The van der Waals surface area contributed by atoms with Gasteiger partial charge in [-0.1, -0.05) is 34.1 Å². The molecule has 6 saturated carbocycles. The predicted octanol–water partition coefficient (Wildman–Crippen LogP) is 16.5. The van der Waals surface area contributed by atoms with Gasteiger partial charge in [0, 0.05) is 289 Å². The van der Waals surface area contributed by atoms with E-state index in [-0.39, 0.29) is 252 Å². The molecule has 8 rings (SSSR count). The molecular weight excluding hydrogens is 1840 g/mol. The highest BCUT2D eigenvalue weighted by molar-refractivity contribution is 5.97. The van der Waals surface area contributed by atoms with Crippen molar-refractivity contribution in [1.82, 2.24) is 0 Å². The number of cyclic esters (lactones) is 1. The Kier molecular flexibility index (Phi) is 70.2. The van der Waals surface area contributed by atoms with Crippen LogP contribution in [0.5, 0.6) is 0 Å². The average molecular weight is 2020 g/mol. The Morgan fingerprint density at radius 3 is 1.50 bits per heavy atom. The summed E-state index contributed by atoms with van der Waals surface area (Å²) in [4.78, 5) is 239. The van der Waals surface area contributed by atoms with Crippen LogP contribution in [-0.4, -0.2) is 244 Å². The third-order valence-electron chi connectivity index (χ3n) is 29.5. The van der Waals surface area contributed by atoms with E-state index in [2.05, 4.69) is 6.92 Å². The summed E-state index contributed by atoms with van der Waals surface area (Å²) in [5.74, 6) is 1.67. The van der Waals surface area contributed by atoms with E-state index in [0.29, 0.717) is 276 Å². The summed E-state index contributed by atoms with van der Waals surface area (Å²) in [5, 5.41) is 29.9. The van der Waals surface area contributed by atoms with Gasteiger partial charge in [-0.25, -0.2) is 0 Å². The Morgan fingerprint density at radius 1 is 0.371 bits per heavy atom. The van der Waals surface area contributed by atoms with Crippen molar-refractivity contribution >= 4 is 116 Å². The van der Waals surface area contributed by atoms with Gasteiger partial charge >= 0.3 is 5.97 Å². The molecule has 143 heavy (non-hydrogen) atoms. The van der Waals surface area contributed by atoms with Crippen LogP contribution in [0.1, 0.15) is 407 Å². The van der Waals surface area contributed by atoms with Gasteiger partial charge in [-0.15, -0.1) is 0 Å². The van der Waals surface area contributed by atoms with Gasteiger partial charge in [0.2, 0.25) is 0 Å². The van der Waals surface area contributed by atoms with Gasteiger partial charge in [0.1, 0.15) is 118 Å². The molecule has 17 atom stereocenters. The lowest BCUT2D eigenvalue weighted by molar-refractivity contribution is -0.151. The highest BCUT2D eigenvalue weighted by Gasteiger charge is 2.48. The van der Waals surface area contributed by atoms with E-state index in [1.54, 1.807) is 35.4 Å². The second kappa shape index (κ2) is 77.2. The van der Waals surface area contributed by atoms with Crippen molar-refractivity contribution in [3.8, 4) is 0 Å². The zero-order valence-electron chi connectivity index (χ0n) is 88.5. The molecule has 0 aromatic rings. The molecule has 814 valence electrons. The van der Waals surface area contributed by atoms with Gasteiger partial charge in [0.25, 0.3) is 0 Å². The molecule has 8 aliphatic rings. The number of methoxy groups -OCH3 is 6. The number of carbonyl (C=O) groups excluding carboxylic acids is 20. The molecule has 2 aliphatic heterocycles. The molecule has 0 bridgehead atoms. The van der Waals surface area contributed by atoms with Crippen molar-refractivity contribution < 1.29 is 149 Å². The van der Waals surface area contributed by atoms with Gasteiger partial charge in [-0.05, 0) is 210 Å². The molecule has 0 amide bonds. The molecular formula is C112H180O31. The number of carbonyl (C=O) groups is 20. The first-order valence-electron chi connectivity index (χ1n) is 54.1. The molecule has 6 aliphatic carbocycles. The number of aliphatic hydroxyl groups excluding tert-OH is 3. The smallest absolute Gasteiger partial charge is 0.306 e. The predicted molar refractivity (Wildman–Crippen MR) is 536 cm³/mol. The third kappa shape index (κ3) is 58.4. The summed E-state index contributed by atoms with van der Waals surface area (Å²) in [5.41, 5.74) is 0. The molecule has 2 saturated heterocycles. The van der Waals surface area contributed by atoms with Crippen molar-refractivity contribution in [2.45, 2.75) is 437 Å². The van der Waals surface area contributed by atoms with Crippen molar-refractivity contribution in [2.75, 3.05) is 82.3 Å². The molecule has 8 fully saturated rings. The quantitative estimate of drug-likeness (QED) is 0.0376. The van der Waals surface area contributed by atoms with Gasteiger partial charge in [-0.2, -0.15) is 0 Å². The standard InChI is InChI=1S/C20H30O5.C20H32O5.C19H28O5.C19H34O5.C17H26O6.C17H30O5/c1-25-13-17(22)9-11-19(23)15-7-10-18-14(12-15)6-8-16(21)4-2-3-5-20(18)24;1-25-14-4-7-18(22)12-13-19(23)11-9-16-8-10-17(21)5-2-3-6-20(24)15-16;1-11-8-13-9-15(12(2)19(23)16(13)10-18(11)22)17(21)5-4-14(20)6-7-24-3;1-3-19(23)15-11-14(12-18(22)13-15)6-7-17(21)9-8-16(20)5-4-10-24-2;1-22-12-15(20)7-6-14(19)9-11-16-10-8-13(18)4-2-3-5-17(21)23-16;1-3-5-15-8-9-16(19)13(6-4-7-17(20)22-15)12-14(18)10-11-21-2/h14-15,18H,2-13H2,1H3;16H,2-15H2,1H3;11-13,15-16H,4-10H2,1-3H3;14-15,17-18,21-22H,3-13H2,1-2H3;16H,2-12H2,1H3;13,15,17,20H,3-12H2,1-2H3. The molecule has 0 aromatic heterocycles. The van der Waals surface area contributed by atoms with Crippen LogP contribution in [-0.2, 0) is 134 Å². The van der Waals surface area contributed by atoms with E-state index in [9.17, 15) is 111 Å². The number of ketones is 19. The fourth-order valence-corrected chi connectivity index (χ4v) is 20.7. The Labute approximate surface area is 851 Å². The number of fused-ring (bicyclic) bond motifs is 2. The lowest BCUT2D eigenvalue weighted by Crippen LogP contribution is -2.46. The zero-order chi connectivity index (χ0) is 106. The number of Topliss-reactive ketones (excluding diaryl/α,β-unsaturated/α-hetero) is 19. The minimum absolute atomic E-state index is 0.0150. The number of aliphatic hydroxyl groups is 3. The first kappa shape index (κ1) is 130. The number of rotatable bonds is 50. The SMILES string of the molecule is CCC(=O)C1CC(O)CC(CCC(O)CCC(=O)CCCOC)C1.CCCC1CCC(=O)C(CC(=O)CCOC)CCCC(O)O1.COCC(=O)CCC(=O)C1CCC2C(=O)CCCCC(=O)CCC2C1.COCC(=O)CCC(=O)CCC1CCC(=O)CCCCC(=O)O1.COCCC(=O)CCC(=O)C1CC2CC(C)C(=O)CC2C(=O)C1C.COCCCC(=O)CCC(=O)CCC1CCC(=O)CCCCC(=O)C1. The second-order valence-corrected chi connectivity index (χ2v) is 41.3. The fourth-order valence-electron chi connectivity index (χ4n) is 20.7. The van der Waals surface area contributed by atoms with E-state index < -0.39 is 18.5 Å². The lowest BCUT2D eigenvalue weighted by atomic mass is 9.60. The molecule has 17 unspecified atom stereocenters. The van der Waals surface area contributed by atoms with Gasteiger partial charge in [0.05, 0.1) is 31.5 Å². The van der Waals surface area contributed by atoms with Crippen LogP contribution in [0.15, 0.2) is 0 Å². The zero-order valence-corrected chi connectivity index (χ0v) is 88.5. The Balaban J connectivity index is 0.000000441. The molecule has 3 N–H and O–H groups in total. The summed E-state index contributed by atoms with van der Waals surface area (Å²) < 4.78 is 40.1. The van der Waals surface area contributed by atoms with Crippen molar-refractivity contribution in [1.29, 1.82) is 0 Å². The largest absolute Gasteiger partial charge is 0.462 e. The van der Waals surface area contributed by atoms with Crippen LogP contribution in [0.4, 0.5) is 0 Å². The van der Waals surface area contributed by atoms with Gasteiger partial charge in [0.15, 0.2) is 17.9 Å². The Hall–Kier alpha value is -7.20. The van der Waals surface area contributed by atoms with Crippen LogP contribution in [0.25, 0.3) is 0 Å². The average Bonchev–Trinajstić information content (AvgIpc) is 0.775.